The van der Waals surface area contributed by atoms with Crippen molar-refractivity contribution in [3.8, 4) is 0 Å². The van der Waals surface area contributed by atoms with Crippen LogP contribution in [0.4, 0.5) is 0 Å². The Morgan fingerprint density at radius 3 is 0.922 bits per heavy atom. The van der Waals surface area contributed by atoms with Crippen molar-refractivity contribution in [1.82, 2.24) is 0 Å². The van der Waals surface area contributed by atoms with Crippen molar-refractivity contribution in [3.63, 3.8) is 0 Å². The lowest BCUT2D eigenvalue weighted by molar-refractivity contribution is 0.498. The number of benzene rings is 3. The van der Waals surface area contributed by atoms with Gasteiger partial charge in [-0.15, -0.1) is 0 Å². The molecule has 0 saturated carbocycles. The van der Waals surface area contributed by atoms with E-state index in [0.29, 0.717) is 16.2 Å². The average Bonchev–Trinajstić information content (AvgIpc) is 3.71. The van der Waals surface area contributed by atoms with Crippen LogP contribution in [0.5, 0.6) is 0 Å². The van der Waals surface area contributed by atoms with Crippen molar-refractivity contribution < 1.29 is 0 Å². The third-order valence-electron chi connectivity index (χ3n) is 11.1. The van der Waals surface area contributed by atoms with E-state index < -0.39 is 0 Å². The van der Waals surface area contributed by atoms with Crippen LogP contribution in [-0.2, 0) is 35.5 Å². The molecule has 0 N–H and O–H groups in total. The van der Waals surface area contributed by atoms with Gasteiger partial charge in [0.1, 0.15) is 0 Å². The molecule has 0 radical (unpaired) electrons. The Kier molecular flexibility index (Phi) is 11.2. The van der Waals surface area contributed by atoms with E-state index in [2.05, 4.69) is 197 Å². The minimum absolute atomic E-state index is 0.243. The van der Waals surface area contributed by atoms with E-state index in [1.807, 2.05) is 0 Å². The molecule has 0 fully saturated rings. The van der Waals surface area contributed by atoms with E-state index in [-0.39, 0.29) is 16.2 Å². The van der Waals surface area contributed by atoms with Gasteiger partial charge in [0.15, 0.2) is 0 Å². The molecule has 3 aromatic rings. The molecule has 276 valence electrons. The Morgan fingerprint density at radius 2 is 0.588 bits per heavy atom. The van der Waals surface area contributed by atoms with Gasteiger partial charge in [0.05, 0.1) is 0 Å². The SMILES string of the molecule is CC(C)(C)C1=Cc2cc(C(C)(C)C)ccc2C1.CC(C)(C)C1=Cc2cc(C(C)(C)C)ccc2C1.CC(C)(C)C1=Cc2ccc(C(C)(C)C)cc2C1. The topological polar surface area (TPSA) is 0 Å². The molecule has 3 aliphatic carbocycles. The number of hydrogen-bond donors (Lipinski definition) is 0. The summed E-state index contributed by atoms with van der Waals surface area (Å²) in [6.07, 6.45) is 10.5. The highest BCUT2D eigenvalue weighted by molar-refractivity contribution is 5.67. The number of fused-ring (bicyclic) bond motifs is 3. The minimum atomic E-state index is 0.243. The molecule has 0 aromatic heterocycles. The second-order valence-corrected chi connectivity index (χ2v) is 21.8. The van der Waals surface area contributed by atoms with Gasteiger partial charge in [0.2, 0.25) is 0 Å². The average molecular weight is 685 g/mol. The molecule has 0 saturated heterocycles. The molecule has 0 aliphatic heterocycles. The van der Waals surface area contributed by atoms with Gasteiger partial charge in [-0.1, -0.05) is 214 Å². The fourth-order valence-electron chi connectivity index (χ4n) is 6.86. The summed E-state index contributed by atoms with van der Waals surface area (Å²) in [5.41, 5.74) is 19.4. The van der Waals surface area contributed by atoms with Crippen molar-refractivity contribution in [3.05, 3.63) is 121 Å². The maximum atomic E-state index is 2.39. The quantitative estimate of drug-likeness (QED) is 0.221. The van der Waals surface area contributed by atoms with E-state index in [1.54, 1.807) is 16.7 Å². The third-order valence-corrected chi connectivity index (χ3v) is 11.1. The molecule has 0 nitrogen and oxygen atoms in total. The fourth-order valence-corrected chi connectivity index (χ4v) is 6.86. The summed E-state index contributed by atoms with van der Waals surface area (Å²) in [4.78, 5) is 0. The zero-order valence-electron chi connectivity index (χ0n) is 36.0. The van der Waals surface area contributed by atoms with Gasteiger partial charge in [-0.05, 0) is 102 Å². The summed E-state index contributed by atoms with van der Waals surface area (Å²) in [6, 6.07) is 20.9. The Labute approximate surface area is 315 Å². The lowest BCUT2D eigenvalue weighted by Gasteiger charge is -2.21. The Hall–Kier alpha value is -3.12. The Balaban J connectivity index is 0.000000172. The first-order valence-corrected chi connectivity index (χ1v) is 19.6. The molecule has 3 aromatic carbocycles. The second kappa shape index (κ2) is 14.0. The van der Waals surface area contributed by atoms with E-state index in [0.717, 1.165) is 19.3 Å². The predicted octanol–water partition coefficient (Wildman–Crippen LogP) is 14.9. The van der Waals surface area contributed by atoms with Gasteiger partial charge < -0.3 is 0 Å². The zero-order chi connectivity index (χ0) is 38.5. The molecule has 3 aliphatic rings. The Bertz CT molecular complexity index is 1730. The molecule has 6 rings (SSSR count). The highest BCUT2D eigenvalue weighted by Crippen LogP contribution is 2.40. The molecular weight excluding hydrogens is 613 g/mol. The Morgan fingerprint density at radius 1 is 0.294 bits per heavy atom. The summed E-state index contributed by atoms with van der Waals surface area (Å²) in [5.74, 6) is 0. The predicted molar refractivity (Wildman–Crippen MR) is 229 cm³/mol. The molecule has 0 amide bonds. The molecule has 0 unspecified atom stereocenters. The summed E-state index contributed by atoms with van der Waals surface area (Å²) in [6.45, 7) is 41.2. The van der Waals surface area contributed by atoms with E-state index in [4.69, 9.17) is 0 Å². The van der Waals surface area contributed by atoms with Gasteiger partial charge in [-0.25, -0.2) is 0 Å². The summed E-state index contributed by atoms with van der Waals surface area (Å²) in [5, 5.41) is 0. The lowest BCUT2D eigenvalue weighted by atomic mass is 9.84. The van der Waals surface area contributed by atoms with Gasteiger partial charge in [0.25, 0.3) is 0 Å². The standard InChI is InChI=1S/3C17H24/c3*1-16(2,3)14-8-7-12-9-15(17(4,5)6)11-13(12)10-14/h2*7-8,10-11H,9H2,1-6H3;7-10H,11H2,1-6H3. The maximum Gasteiger partial charge on any atom is -0.00525 e. The minimum Gasteiger partial charge on any atom is -0.0598 e. The smallest absolute Gasteiger partial charge is 0.00525 e. The van der Waals surface area contributed by atoms with Crippen molar-refractivity contribution in [2.24, 2.45) is 16.2 Å². The molecule has 0 heterocycles. The first-order chi connectivity index (χ1) is 23.0. The van der Waals surface area contributed by atoms with Crippen molar-refractivity contribution in [2.45, 2.75) is 160 Å². The fraction of sp³-hybridized carbons (Fsp3) is 0.529. The monoisotopic (exact) mass is 685 g/mol. The van der Waals surface area contributed by atoms with Gasteiger partial charge in [-0.2, -0.15) is 0 Å². The van der Waals surface area contributed by atoms with Gasteiger partial charge in [-0.3, -0.25) is 0 Å². The van der Waals surface area contributed by atoms with E-state index in [1.165, 1.54) is 50.1 Å². The molecule has 0 heteroatoms. The van der Waals surface area contributed by atoms with Crippen LogP contribution < -0.4 is 0 Å². The largest absolute Gasteiger partial charge is 0.0598 e. The lowest BCUT2D eigenvalue weighted by Crippen LogP contribution is -2.12. The van der Waals surface area contributed by atoms with Crippen LogP contribution in [0.2, 0.25) is 0 Å². The van der Waals surface area contributed by atoms with Gasteiger partial charge in [0, 0.05) is 0 Å². The van der Waals surface area contributed by atoms with E-state index in [9.17, 15) is 0 Å². The van der Waals surface area contributed by atoms with E-state index >= 15 is 0 Å². The highest BCUT2D eigenvalue weighted by atomic mass is 14.3. The third kappa shape index (κ3) is 10.3. The number of allylic oxidation sites excluding steroid dienone is 3. The van der Waals surface area contributed by atoms with Crippen LogP contribution in [-0.4, -0.2) is 0 Å². The summed E-state index contributed by atoms with van der Waals surface area (Å²) in [7, 11) is 0. The summed E-state index contributed by atoms with van der Waals surface area (Å²) < 4.78 is 0. The van der Waals surface area contributed by atoms with Crippen LogP contribution >= 0.6 is 0 Å². The first-order valence-electron chi connectivity index (χ1n) is 19.6. The molecule has 0 atom stereocenters. The van der Waals surface area contributed by atoms with Crippen LogP contribution in [0.1, 0.15) is 175 Å². The maximum absolute atomic E-state index is 2.39. The van der Waals surface area contributed by atoms with Crippen molar-refractivity contribution in [1.29, 1.82) is 0 Å². The van der Waals surface area contributed by atoms with Crippen LogP contribution in [0.25, 0.3) is 18.2 Å². The number of hydrogen-bond acceptors (Lipinski definition) is 0. The van der Waals surface area contributed by atoms with Gasteiger partial charge >= 0.3 is 0 Å². The zero-order valence-corrected chi connectivity index (χ0v) is 36.0. The highest BCUT2D eigenvalue weighted by Gasteiger charge is 2.27. The van der Waals surface area contributed by atoms with Crippen LogP contribution in [0, 0.1) is 16.2 Å². The molecule has 0 spiro atoms. The number of rotatable bonds is 0. The van der Waals surface area contributed by atoms with Crippen LogP contribution in [0.15, 0.2) is 71.3 Å². The van der Waals surface area contributed by atoms with Crippen molar-refractivity contribution >= 4 is 18.2 Å². The van der Waals surface area contributed by atoms with Crippen LogP contribution in [0.3, 0.4) is 0 Å². The molecule has 0 bridgehead atoms. The molecule has 51 heavy (non-hydrogen) atoms. The van der Waals surface area contributed by atoms with Crippen molar-refractivity contribution in [2.75, 3.05) is 0 Å². The summed E-state index contributed by atoms with van der Waals surface area (Å²) >= 11 is 0. The second-order valence-electron chi connectivity index (χ2n) is 21.8. The molecular formula is C51H72. The normalized spacial score (nSPS) is 15.8. The first kappa shape index (κ1) is 40.6.